The van der Waals surface area contributed by atoms with Crippen LogP contribution in [0.2, 0.25) is 0 Å². The lowest BCUT2D eigenvalue weighted by Gasteiger charge is -2.08. The first-order valence-corrected chi connectivity index (χ1v) is 4.85. The van der Waals surface area contributed by atoms with E-state index < -0.39 is 0 Å². The summed E-state index contributed by atoms with van der Waals surface area (Å²) in [6.45, 7) is 3.88. The highest BCUT2D eigenvalue weighted by Gasteiger charge is 2.12. The highest BCUT2D eigenvalue weighted by atomic mass is 32.1. The van der Waals surface area contributed by atoms with Gasteiger partial charge in [-0.25, -0.2) is 0 Å². The summed E-state index contributed by atoms with van der Waals surface area (Å²) in [5.74, 6) is -0.271. The van der Waals surface area contributed by atoms with E-state index in [0.29, 0.717) is 0 Å². The van der Waals surface area contributed by atoms with Crippen LogP contribution in [0.15, 0.2) is 6.07 Å². The normalized spacial score (nSPS) is 12.5. The molecule has 1 aromatic rings. The van der Waals surface area contributed by atoms with E-state index in [2.05, 4.69) is 9.69 Å². The molecule has 1 amide bonds. The van der Waals surface area contributed by atoms with E-state index in [1.807, 2.05) is 13.8 Å². The van der Waals surface area contributed by atoms with Gasteiger partial charge in [-0.3, -0.25) is 9.90 Å². The molecule has 0 saturated carbocycles. The van der Waals surface area contributed by atoms with Gasteiger partial charge in [0.25, 0.3) is 11.0 Å². The van der Waals surface area contributed by atoms with Crippen LogP contribution in [0.3, 0.4) is 0 Å². The summed E-state index contributed by atoms with van der Waals surface area (Å²) in [7, 11) is 0. The van der Waals surface area contributed by atoms with Crippen molar-refractivity contribution in [3.05, 3.63) is 11.8 Å². The third kappa shape index (κ3) is 2.69. The molecule has 13 heavy (non-hydrogen) atoms. The van der Waals surface area contributed by atoms with Crippen molar-refractivity contribution in [3.63, 3.8) is 0 Å². The van der Waals surface area contributed by atoms with Gasteiger partial charge in [0.05, 0.1) is 0 Å². The number of amides is 1. The zero-order valence-corrected chi connectivity index (χ0v) is 8.35. The average Bonchev–Trinajstić information content (AvgIpc) is 2.51. The Morgan fingerprint density at radius 3 is 2.92 bits per heavy atom. The highest BCUT2D eigenvalue weighted by Crippen LogP contribution is 2.17. The fourth-order valence-corrected chi connectivity index (χ4v) is 1.25. The number of hydrogen-bond donors (Lipinski definition) is 1. The lowest BCUT2D eigenvalue weighted by Crippen LogP contribution is -2.32. The smallest absolute Gasteiger partial charge is 0.271 e. The number of carbonyl (C=O) groups is 1. The number of rotatable bonds is 3. The van der Waals surface area contributed by atoms with Gasteiger partial charge < -0.3 is 5.32 Å². The van der Waals surface area contributed by atoms with Gasteiger partial charge in [0.2, 0.25) is 0 Å². The fraction of sp³-hybridized carbons (Fsp3) is 0.500. The fourth-order valence-electron chi connectivity index (χ4n) is 0.765. The summed E-state index contributed by atoms with van der Waals surface area (Å²) >= 11 is 0.801. The summed E-state index contributed by atoms with van der Waals surface area (Å²) < 4.78 is 3.72. The maximum absolute atomic E-state index is 11.3. The van der Waals surface area contributed by atoms with Crippen LogP contribution < -0.4 is 5.32 Å². The van der Waals surface area contributed by atoms with Crippen LogP contribution in [0.4, 0.5) is 0 Å². The monoisotopic (exact) mass is 199 g/mol. The Morgan fingerprint density at radius 1 is 1.77 bits per heavy atom. The van der Waals surface area contributed by atoms with Crippen LogP contribution in [0.25, 0.3) is 0 Å². The predicted molar refractivity (Wildman–Crippen MR) is 49.5 cm³/mol. The maximum Gasteiger partial charge on any atom is 0.271 e. The Kier molecular flexibility index (Phi) is 3.25. The quantitative estimate of drug-likeness (QED) is 0.807. The van der Waals surface area contributed by atoms with Crippen LogP contribution in [-0.4, -0.2) is 16.3 Å². The number of nitrogens with one attached hydrogen (secondary N) is 1. The van der Waals surface area contributed by atoms with Crippen LogP contribution in [0, 0.1) is 0 Å². The number of carbonyl (C=O) groups excluding carboxylic acids is 1. The first kappa shape index (κ1) is 9.98. The van der Waals surface area contributed by atoms with E-state index in [-0.39, 0.29) is 22.7 Å². The average molecular weight is 199 g/mol. The van der Waals surface area contributed by atoms with E-state index >= 15 is 0 Å². The molecule has 0 aromatic carbocycles. The van der Waals surface area contributed by atoms with Crippen LogP contribution in [0.5, 0.6) is 5.06 Å². The van der Waals surface area contributed by atoms with Gasteiger partial charge in [-0.1, -0.05) is 6.92 Å². The van der Waals surface area contributed by atoms with Gasteiger partial charge in [-0.2, -0.15) is 4.37 Å². The van der Waals surface area contributed by atoms with Gasteiger partial charge in [0.15, 0.2) is 0 Å². The zero-order valence-electron chi connectivity index (χ0n) is 7.53. The largest absolute Gasteiger partial charge is 0.348 e. The van der Waals surface area contributed by atoms with Crippen molar-refractivity contribution in [2.45, 2.75) is 26.3 Å². The van der Waals surface area contributed by atoms with Crippen LogP contribution in [0.1, 0.15) is 30.8 Å². The van der Waals surface area contributed by atoms with E-state index in [1.165, 1.54) is 6.07 Å². The maximum atomic E-state index is 11.3. The summed E-state index contributed by atoms with van der Waals surface area (Å²) in [4.78, 5) is 11.3. The van der Waals surface area contributed by atoms with Crippen molar-refractivity contribution >= 4 is 17.4 Å². The van der Waals surface area contributed by atoms with Crippen molar-refractivity contribution in [1.82, 2.24) is 9.69 Å². The van der Waals surface area contributed by atoms with Gasteiger partial charge in [0.1, 0.15) is 5.69 Å². The van der Waals surface area contributed by atoms with Gasteiger partial charge in [-0.05, 0) is 13.3 Å². The molecule has 4 nitrogen and oxygen atoms in total. The number of aromatic nitrogens is 1. The van der Waals surface area contributed by atoms with Crippen molar-refractivity contribution in [3.8, 4) is 5.06 Å². The Balaban J connectivity index is 2.58. The standard InChI is InChI=1S/C8H11N2O2S/c1-3-5(2)9-8(12)6-4-7(11)13-10-6/h4-5H,3H2,1-2H3,(H,9,12). The Bertz CT molecular complexity index is 298. The molecule has 1 unspecified atom stereocenters. The molecule has 0 bridgehead atoms. The second-order valence-electron chi connectivity index (χ2n) is 2.81. The van der Waals surface area contributed by atoms with E-state index in [9.17, 15) is 9.90 Å². The molecule has 0 fully saturated rings. The molecule has 5 heteroatoms. The molecule has 1 rings (SSSR count). The molecule has 71 valence electrons. The van der Waals surface area contributed by atoms with Gasteiger partial charge in [-0.15, -0.1) is 0 Å². The topological polar surface area (TPSA) is 61.9 Å². The van der Waals surface area contributed by atoms with E-state index in [0.717, 1.165) is 18.0 Å². The first-order valence-electron chi connectivity index (χ1n) is 4.08. The summed E-state index contributed by atoms with van der Waals surface area (Å²) in [5, 5.41) is 13.3. The molecular weight excluding hydrogens is 188 g/mol. The molecule has 1 radical (unpaired) electrons. The number of hydrogen-bond acceptors (Lipinski definition) is 3. The summed E-state index contributed by atoms with van der Waals surface area (Å²) in [6, 6.07) is 1.37. The van der Waals surface area contributed by atoms with Crippen LogP contribution in [-0.2, 0) is 5.11 Å². The molecular formula is C8H11N2O2S. The second kappa shape index (κ2) is 4.23. The predicted octanol–water partition coefficient (Wildman–Crippen LogP) is 1.82. The molecule has 0 spiro atoms. The van der Waals surface area contributed by atoms with Crippen molar-refractivity contribution in [2.75, 3.05) is 0 Å². The number of nitrogens with zero attached hydrogens (tertiary/aromatic N) is 1. The lowest BCUT2D eigenvalue weighted by molar-refractivity contribution is 0.0935. The second-order valence-corrected chi connectivity index (χ2v) is 3.58. The zero-order chi connectivity index (χ0) is 9.84. The molecule has 0 saturated heterocycles. The molecule has 0 aliphatic heterocycles. The first-order chi connectivity index (χ1) is 6.13. The molecule has 1 atom stereocenters. The van der Waals surface area contributed by atoms with E-state index in [1.54, 1.807) is 0 Å². The minimum absolute atomic E-state index is 0.115. The minimum atomic E-state index is -0.271. The molecule has 1 heterocycles. The molecule has 1 aromatic heterocycles. The Labute approximate surface area is 80.8 Å². The third-order valence-electron chi connectivity index (χ3n) is 1.71. The molecule has 0 aliphatic rings. The van der Waals surface area contributed by atoms with Crippen molar-refractivity contribution < 1.29 is 9.90 Å². The van der Waals surface area contributed by atoms with Crippen molar-refractivity contribution in [1.29, 1.82) is 0 Å². The molecule has 0 aliphatic carbocycles. The summed E-state index contributed by atoms with van der Waals surface area (Å²) in [5.41, 5.74) is 0.218. The summed E-state index contributed by atoms with van der Waals surface area (Å²) in [6.07, 6.45) is 0.861. The van der Waals surface area contributed by atoms with Crippen molar-refractivity contribution in [2.24, 2.45) is 0 Å². The van der Waals surface area contributed by atoms with E-state index in [4.69, 9.17) is 0 Å². The Morgan fingerprint density at radius 2 is 2.46 bits per heavy atom. The van der Waals surface area contributed by atoms with Gasteiger partial charge in [0, 0.05) is 23.6 Å². The highest BCUT2D eigenvalue weighted by molar-refractivity contribution is 7.07. The third-order valence-corrected chi connectivity index (χ3v) is 2.30. The molecule has 1 N–H and O–H groups in total. The SMILES string of the molecule is CCC(C)NC(=O)c1cc([O])sn1. The Hall–Kier alpha value is -1.10. The lowest BCUT2D eigenvalue weighted by atomic mass is 10.2. The van der Waals surface area contributed by atoms with Gasteiger partial charge >= 0.3 is 0 Å². The van der Waals surface area contributed by atoms with Crippen LogP contribution >= 0.6 is 11.5 Å². The minimum Gasteiger partial charge on any atom is -0.348 e.